The first-order valence-corrected chi connectivity index (χ1v) is 7.77. The Labute approximate surface area is 152 Å². The molecule has 12 heteroatoms. The largest absolute Gasteiger partial charge is 0.475 e. The maximum atomic E-state index is 12.3. The average molecular weight is 385 g/mol. The summed E-state index contributed by atoms with van der Waals surface area (Å²) in [5.74, 6) is -5.50. The van der Waals surface area contributed by atoms with E-state index < -0.39 is 58.8 Å². The lowest BCUT2D eigenvalue weighted by molar-refractivity contribution is -0.184. The third-order valence-electron chi connectivity index (χ3n) is 4.62. The maximum Gasteiger partial charge on any atom is 0.375 e. The van der Waals surface area contributed by atoms with Crippen molar-refractivity contribution in [3.05, 3.63) is 11.6 Å². The molecular formula is C15H19N3O9. The van der Waals surface area contributed by atoms with Gasteiger partial charge in [-0.05, 0) is 27.7 Å². The number of aliphatic hydroxyl groups is 3. The number of carbonyl (C=O) groups excluding carboxylic acids is 3. The second-order valence-electron chi connectivity index (χ2n) is 6.34. The van der Waals surface area contributed by atoms with Gasteiger partial charge in [-0.2, -0.15) is 0 Å². The van der Waals surface area contributed by atoms with Crippen LogP contribution in [0.1, 0.15) is 43.4 Å². The zero-order chi connectivity index (χ0) is 20.9. The fourth-order valence-electron chi connectivity index (χ4n) is 3.12. The third kappa shape index (κ3) is 2.77. The highest BCUT2D eigenvalue weighted by Crippen LogP contribution is 2.48. The molecule has 1 unspecified atom stereocenters. The minimum atomic E-state index is -3.00. The van der Waals surface area contributed by atoms with E-state index in [2.05, 4.69) is 10.1 Å². The quantitative estimate of drug-likeness (QED) is 0.415. The Morgan fingerprint density at radius 2 is 1.63 bits per heavy atom. The van der Waals surface area contributed by atoms with Gasteiger partial charge in [-0.3, -0.25) is 14.4 Å². The van der Waals surface area contributed by atoms with Crippen LogP contribution in [0.4, 0.5) is 0 Å². The molecule has 1 aliphatic heterocycles. The number of aliphatic hydroxyl groups excluding tert-OH is 1. The van der Waals surface area contributed by atoms with Crippen LogP contribution in [0.25, 0.3) is 0 Å². The standard InChI is InChI=1S/C15H19N3O9/c1-5(19)9(22)10-14(25,6(2)20)15(26,7(3)21)13(27-10)18-8(4)16-11(17-18)12(23)24/h9-10,13,22,25-26H,1-4H3,(H,23,24)/t9?,10-,13-,14-,15+/m1/s1. The number of nitrogens with zero attached hydrogens (tertiary/aromatic N) is 3. The number of Topliss-reactive ketones (excluding diaryl/α,β-unsaturated/α-hetero) is 3. The number of ketones is 3. The highest BCUT2D eigenvalue weighted by atomic mass is 16.6. The van der Waals surface area contributed by atoms with Gasteiger partial charge in [0.25, 0.3) is 5.82 Å². The van der Waals surface area contributed by atoms with Crippen molar-refractivity contribution in [2.24, 2.45) is 0 Å². The number of carboxylic acid groups (broad SMARTS) is 1. The Morgan fingerprint density at radius 1 is 1.11 bits per heavy atom. The molecule has 1 fully saturated rings. The lowest BCUT2D eigenvalue weighted by atomic mass is 9.73. The van der Waals surface area contributed by atoms with Crippen LogP contribution in [0.5, 0.6) is 0 Å². The van der Waals surface area contributed by atoms with Crippen molar-refractivity contribution in [2.45, 2.75) is 57.3 Å². The van der Waals surface area contributed by atoms with Gasteiger partial charge in [-0.1, -0.05) is 0 Å². The molecule has 27 heavy (non-hydrogen) atoms. The van der Waals surface area contributed by atoms with Crippen LogP contribution in [0.3, 0.4) is 0 Å². The molecule has 0 saturated carbocycles. The van der Waals surface area contributed by atoms with Gasteiger partial charge >= 0.3 is 5.97 Å². The third-order valence-corrected chi connectivity index (χ3v) is 4.62. The number of hydrogen-bond acceptors (Lipinski definition) is 10. The second kappa shape index (κ2) is 6.56. The molecule has 0 radical (unpaired) electrons. The summed E-state index contributed by atoms with van der Waals surface area (Å²) in [6, 6.07) is 0. The topological polar surface area (TPSA) is 189 Å². The monoisotopic (exact) mass is 385 g/mol. The van der Waals surface area contributed by atoms with Crippen LogP contribution >= 0.6 is 0 Å². The number of hydrogen-bond donors (Lipinski definition) is 4. The first-order chi connectivity index (χ1) is 12.3. The van der Waals surface area contributed by atoms with Crippen molar-refractivity contribution in [1.29, 1.82) is 0 Å². The summed E-state index contributed by atoms with van der Waals surface area (Å²) in [5.41, 5.74) is -5.98. The van der Waals surface area contributed by atoms with Gasteiger partial charge in [-0.25, -0.2) is 14.5 Å². The SMILES string of the molecule is CC(=O)C(O)[C@H]1O[C@@H](n2nc(C(=O)O)nc2C)[C@@](O)(C(C)=O)[C@@]1(O)C(C)=O. The van der Waals surface area contributed by atoms with Gasteiger partial charge in [0.1, 0.15) is 18.0 Å². The Morgan fingerprint density at radius 3 is 2.00 bits per heavy atom. The number of aromatic nitrogens is 3. The minimum Gasteiger partial charge on any atom is -0.475 e. The zero-order valence-corrected chi connectivity index (χ0v) is 14.9. The average Bonchev–Trinajstić information content (AvgIpc) is 3.05. The van der Waals surface area contributed by atoms with E-state index in [1.54, 1.807) is 0 Å². The van der Waals surface area contributed by atoms with Crippen molar-refractivity contribution in [3.8, 4) is 0 Å². The molecule has 1 aromatic heterocycles. The highest BCUT2D eigenvalue weighted by Gasteiger charge is 2.74. The number of rotatable bonds is 6. The summed E-state index contributed by atoms with van der Waals surface area (Å²) in [6.45, 7) is 3.94. The van der Waals surface area contributed by atoms with Crippen molar-refractivity contribution < 1.29 is 44.3 Å². The molecule has 2 rings (SSSR count). The van der Waals surface area contributed by atoms with Crippen molar-refractivity contribution in [2.75, 3.05) is 0 Å². The molecule has 12 nitrogen and oxygen atoms in total. The van der Waals surface area contributed by atoms with Crippen LogP contribution in [0, 0.1) is 6.92 Å². The molecule has 0 bridgehead atoms. The van der Waals surface area contributed by atoms with E-state index in [1.165, 1.54) is 6.92 Å². The molecule has 2 heterocycles. The van der Waals surface area contributed by atoms with E-state index in [0.717, 1.165) is 20.8 Å². The first kappa shape index (κ1) is 20.8. The fraction of sp³-hybridized carbons (Fsp3) is 0.600. The smallest absolute Gasteiger partial charge is 0.375 e. The van der Waals surface area contributed by atoms with E-state index in [0.29, 0.717) is 4.68 Å². The summed E-state index contributed by atoms with van der Waals surface area (Å²) in [6.07, 6.45) is -6.00. The van der Waals surface area contributed by atoms with E-state index in [-0.39, 0.29) is 5.82 Å². The van der Waals surface area contributed by atoms with Crippen LogP contribution in [0.2, 0.25) is 0 Å². The van der Waals surface area contributed by atoms with Crippen molar-refractivity contribution in [3.63, 3.8) is 0 Å². The Balaban J connectivity index is 2.75. The number of carbonyl (C=O) groups is 4. The van der Waals surface area contributed by atoms with E-state index in [4.69, 9.17) is 9.84 Å². The predicted octanol–water partition coefficient (Wildman–Crippen LogP) is -2.23. The van der Waals surface area contributed by atoms with Gasteiger partial charge in [0.15, 0.2) is 29.2 Å². The van der Waals surface area contributed by atoms with Gasteiger partial charge in [0.2, 0.25) is 5.60 Å². The summed E-state index contributed by atoms with van der Waals surface area (Å²) in [5, 5.41) is 44.7. The molecule has 1 aliphatic rings. The minimum absolute atomic E-state index is 0.124. The summed E-state index contributed by atoms with van der Waals surface area (Å²) in [7, 11) is 0. The summed E-state index contributed by atoms with van der Waals surface area (Å²) in [4.78, 5) is 50.8. The zero-order valence-electron chi connectivity index (χ0n) is 14.9. The fourth-order valence-corrected chi connectivity index (χ4v) is 3.12. The number of carboxylic acids is 1. The van der Waals surface area contributed by atoms with Crippen LogP contribution in [-0.2, 0) is 19.1 Å². The Hall–Kier alpha value is -2.54. The van der Waals surface area contributed by atoms with E-state index >= 15 is 0 Å². The van der Waals surface area contributed by atoms with Crippen molar-refractivity contribution >= 4 is 23.3 Å². The number of ether oxygens (including phenoxy) is 1. The van der Waals surface area contributed by atoms with Crippen molar-refractivity contribution in [1.82, 2.24) is 14.8 Å². The summed E-state index contributed by atoms with van der Waals surface area (Å²) >= 11 is 0. The Bertz CT molecular complexity index is 834. The van der Waals surface area contributed by atoms with Gasteiger partial charge in [-0.15, -0.1) is 5.10 Å². The van der Waals surface area contributed by atoms with Crippen LogP contribution in [0.15, 0.2) is 0 Å². The highest BCUT2D eigenvalue weighted by molar-refractivity contribution is 5.99. The molecule has 0 spiro atoms. The second-order valence-corrected chi connectivity index (χ2v) is 6.34. The Kier molecular flexibility index (Phi) is 5.05. The van der Waals surface area contributed by atoms with Gasteiger partial charge in [0.05, 0.1) is 0 Å². The number of aromatic carboxylic acids is 1. The molecular weight excluding hydrogens is 366 g/mol. The van der Waals surface area contributed by atoms with Gasteiger partial charge in [0, 0.05) is 0 Å². The van der Waals surface area contributed by atoms with E-state index in [1.807, 2.05) is 0 Å². The van der Waals surface area contributed by atoms with Gasteiger partial charge < -0.3 is 25.2 Å². The number of aryl methyl sites for hydroxylation is 1. The molecule has 0 aromatic carbocycles. The summed E-state index contributed by atoms with van der Waals surface area (Å²) < 4.78 is 6.05. The molecule has 1 aromatic rings. The maximum absolute atomic E-state index is 12.3. The normalized spacial score (nSPS) is 31.5. The molecule has 1 saturated heterocycles. The van der Waals surface area contributed by atoms with Crippen LogP contribution < -0.4 is 0 Å². The lowest BCUT2D eigenvalue weighted by Gasteiger charge is -2.37. The predicted molar refractivity (Wildman–Crippen MR) is 83.6 cm³/mol. The molecule has 148 valence electrons. The molecule has 0 aliphatic carbocycles. The van der Waals surface area contributed by atoms with Crippen LogP contribution in [-0.4, -0.2) is 81.9 Å². The lowest BCUT2D eigenvalue weighted by Crippen LogP contribution is -2.67. The molecule has 5 atom stereocenters. The first-order valence-electron chi connectivity index (χ1n) is 7.77. The molecule has 0 amide bonds. The molecule has 4 N–H and O–H groups in total. The van der Waals surface area contributed by atoms with E-state index in [9.17, 15) is 34.5 Å².